The van der Waals surface area contributed by atoms with Crippen LogP contribution in [0.15, 0.2) is 23.0 Å². The molecule has 0 bridgehead atoms. The molecule has 1 amide bonds. The Morgan fingerprint density at radius 2 is 1.92 bits per heavy atom. The van der Waals surface area contributed by atoms with Gasteiger partial charge in [0.1, 0.15) is 0 Å². The molecule has 0 radical (unpaired) electrons. The van der Waals surface area contributed by atoms with Crippen molar-refractivity contribution in [3.8, 4) is 5.82 Å². The minimum absolute atomic E-state index is 0.0756. The van der Waals surface area contributed by atoms with Gasteiger partial charge in [0.15, 0.2) is 11.5 Å². The summed E-state index contributed by atoms with van der Waals surface area (Å²) in [5.41, 5.74) is -1.03. The third-order valence-electron chi connectivity index (χ3n) is 6.48. The number of benzene rings is 1. The van der Waals surface area contributed by atoms with Crippen molar-refractivity contribution >= 4 is 29.4 Å². The van der Waals surface area contributed by atoms with Crippen molar-refractivity contribution in [2.75, 3.05) is 5.32 Å². The Hall–Kier alpha value is -3.87. The normalized spacial score (nSPS) is 15.4. The number of carbonyl (C=O) groups excluding carboxylic acids is 1. The second-order valence-electron chi connectivity index (χ2n) is 9.70. The summed E-state index contributed by atoms with van der Waals surface area (Å²) in [5.74, 6) is -1.67. The monoisotopic (exact) mass is 566 g/mol. The molecule has 208 valence electrons. The lowest BCUT2D eigenvalue weighted by atomic mass is 9.98. The van der Waals surface area contributed by atoms with Crippen LogP contribution in [0, 0.1) is 6.92 Å². The number of halogens is 4. The van der Waals surface area contributed by atoms with Crippen molar-refractivity contribution in [3.05, 3.63) is 67.2 Å². The summed E-state index contributed by atoms with van der Waals surface area (Å²) in [7, 11) is 1.46. The first-order chi connectivity index (χ1) is 18.1. The van der Waals surface area contributed by atoms with Gasteiger partial charge in [-0.1, -0.05) is 11.6 Å². The maximum absolute atomic E-state index is 13.8. The van der Waals surface area contributed by atoms with Crippen LogP contribution in [0.5, 0.6) is 0 Å². The molecule has 39 heavy (non-hydrogen) atoms. The van der Waals surface area contributed by atoms with E-state index in [9.17, 15) is 32.7 Å². The average Bonchev–Trinajstić information content (AvgIpc) is 3.11. The Balaban J connectivity index is 1.81. The first kappa shape index (κ1) is 28.1. The molecule has 10 nitrogen and oxygen atoms in total. The summed E-state index contributed by atoms with van der Waals surface area (Å²) in [4.78, 5) is 44.8. The van der Waals surface area contributed by atoms with Crippen molar-refractivity contribution in [3.63, 3.8) is 0 Å². The molecule has 3 aromatic rings. The first-order valence-corrected chi connectivity index (χ1v) is 12.4. The molecule has 4 rings (SSSR count). The molecule has 1 aromatic carbocycles. The van der Waals surface area contributed by atoms with Crippen LogP contribution in [-0.4, -0.2) is 53.3 Å². The van der Waals surface area contributed by atoms with Gasteiger partial charge in [-0.3, -0.25) is 14.3 Å². The largest absolute Gasteiger partial charge is 0.477 e. The lowest BCUT2D eigenvalue weighted by molar-refractivity contribution is -0.137. The molecule has 0 unspecified atom stereocenters. The summed E-state index contributed by atoms with van der Waals surface area (Å²) in [6, 6.07) is 2.24. The van der Waals surface area contributed by atoms with Crippen molar-refractivity contribution in [2.24, 2.45) is 7.05 Å². The molecule has 14 heteroatoms. The van der Waals surface area contributed by atoms with E-state index in [0.29, 0.717) is 11.6 Å². The topological polar surface area (TPSA) is 122 Å². The van der Waals surface area contributed by atoms with Crippen molar-refractivity contribution < 1.29 is 27.9 Å². The molecule has 1 atom stereocenters. The number of aromatic carboxylic acids is 1. The van der Waals surface area contributed by atoms with Gasteiger partial charge in [0, 0.05) is 35.8 Å². The van der Waals surface area contributed by atoms with Gasteiger partial charge < -0.3 is 15.3 Å². The maximum atomic E-state index is 13.8. The number of carboxylic acids is 1. The van der Waals surface area contributed by atoms with Crippen LogP contribution in [0.4, 0.5) is 19.1 Å². The molecule has 0 saturated carbocycles. The summed E-state index contributed by atoms with van der Waals surface area (Å²) in [6.45, 7) is 6.74. The minimum Gasteiger partial charge on any atom is -0.477 e. The Morgan fingerprint density at radius 1 is 1.26 bits per heavy atom. The van der Waals surface area contributed by atoms with E-state index in [0.717, 1.165) is 6.07 Å². The zero-order valence-corrected chi connectivity index (χ0v) is 22.5. The number of fused-ring (bicyclic) bond motifs is 1. The number of anilines is 1. The number of nitrogens with zero attached hydrogens (tertiary/aromatic N) is 5. The molecule has 0 saturated heterocycles. The minimum atomic E-state index is -4.73. The number of hydrogen-bond donors (Lipinski definition) is 2. The average molecular weight is 567 g/mol. The van der Waals surface area contributed by atoms with Gasteiger partial charge in [0.2, 0.25) is 5.95 Å². The first-order valence-electron chi connectivity index (χ1n) is 12.0. The van der Waals surface area contributed by atoms with E-state index in [-0.39, 0.29) is 53.3 Å². The second-order valence-corrected chi connectivity index (χ2v) is 10.1. The number of carbonyl (C=O) groups is 2. The van der Waals surface area contributed by atoms with Crippen LogP contribution in [0.25, 0.3) is 5.82 Å². The summed E-state index contributed by atoms with van der Waals surface area (Å²) in [6.07, 6.45) is -4.66. The molecular formula is C25H26ClF3N6O4. The van der Waals surface area contributed by atoms with E-state index in [1.54, 1.807) is 13.8 Å². The second kappa shape index (κ2) is 10.0. The van der Waals surface area contributed by atoms with Gasteiger partial charge in [-0.25, -0.2) is 14.3 Å². The smallest absolute Gasteiger partial charge is 0.417 e. The van der Waals surface area contributed by atoms with E-state index in [2.05, 4.69) is 15.4 Å². The number of alkyl halides is 3. The SMILES string of the molecule is Cc1c(-n2c(NC(C)C)nc3c(c2=O)C[C@@H](C)N(C(=O)c2ccc(Cl)c(C(F)(F)F)c2)C3)nn(C)c1C(=O)O. The Bertz CT molecular complexity index is 1550. The highest BCUT2D eigenvalue weighted by atomic mass is 35.5. The van der Waals surface area contributed by atoms with Crippen LogP contribution in [0.2, 0.25) is 5.02 Å². The Labute approximate surface area is 226 Å². The van der Waals surface area contributed by atoms with Gasteiger partial charge in [0.25, 0.3) is 11.5 Å². The number of amides is 1. The number of carboxylic acid groups (broad SMARTS) is 1. The van der Waals surface area contributed by atoms with Crippen LogP contribution < -0.4 is 10.9 Å². The summed E-state index contributed by atoms with van der Waals surface area (Å²) in [5, 5.41) is 16.4. The third kappa shape index (κ3) is 5.10. The predicted octanol–water partition coefficient (Wildman–Crippen LogP) is 4.05. The zero-order chi connectivity index (χ0) is 29.0. The fourth-order valence-electron chi connectivity index (χ4n) is 4.65. The Morgan fingerprint density at radius 3 is 2.49 bits per heavy atom. The van der Waals surface area contributed by atoms with Gasteiger partial charge in [-0.2, -0.15) is 18.3 Å². The predicted molar refractivity (Wildman–Crippen MR) is 137 cm³/mol. The molecule has 0 fully saturated rings. The molecule has 0 aliphatic carbocycles. The van der Waals surface area contributed by atoms with Gasteiger partial charge in [0.05, 0.1) is 22.8 Å². The standard InChI is InChI=1S/C25H26ClF3N6O4/c1-11(2)30-24-31-18-10-34(21(36)14-6-7-17(26)16(9-14)25(27,28)29)12(3)8-15(18)22(37)35(24)20-13(4)19(23(38)39)33(5)32-20/h6-7,9,11-12H,8,10H2,1-5H3,(H,30,31)(H,38,39)/t12-/m1/s1. The number of aryl methyl sites for hydroxylation is 1. The molecule has 2 aromatic heterocycles. The van der Waals surface area contributed by atoms with Crippen molar-refractivity contribution in [1.82, 2.24) is 24.2 Å². The maximum Gasteiger partial charge on any atom is 0.417 e. The fourth-order valence-corrected chi connectivity index (χ4v) is 4.88. The summed E-state index contributed by atoms with van der Waals surface area (Å²) >= 11 is 5.71. The van der Waals surface area contributed by atoms with Crippen molar-refractivity contribution in [2.45, 2.75) is 58.9 Å². The fraction of sp³-hybridized carbons (Fsp3) is 0.400. The molecule has 3 heterocycles. The number of rotatable bonds is 5. The van der Waals surface area contributed by atoms with Gasteiger partial charge in [-0.05, 0) is 52.3 Å². The third-order valence-corrected chi connectivity index (χ3v) is 6.81. The van der Waals surface area contributed by atoms with E-state index >= 15 is 0 Å². The van der Waals surface area contributed by atoms with Gasteiger partial charge >= 0.3 is 12.1 Å². The van der Waals surface area contributed by atoms with Crippen LogP contribution in [0.3, 0.4) is 0 Å². The molecule has 1 aliphatic rings. The van der Waals surface area contributed by atoms with E-state index in [1.807, 2.05) is 13.8 Å². The lowest BCUT2D eigenvalue weighted by Gasteiger charge is -2.34. The molecule has 2 N–H and O–H groups in total. The molecular weight excluding hydrogens is 541 g/mol. The number of aromatic nitrogens is 4. The van der Waals surface area contributed by atoms with Crippen LogP contribution in [-0.2, 0) is 26.2 Å². The number of hydrogen-bond acceptors (Lipinski definition) is 6. The van der Waals surface area contributed by atoms with Crippen LogP contribution >= 0.6 is 11.6 Å². The molecule has 1 aliphatic heterocycles. The number of nitrogens with one attached hydrogen (secondary N) is 1. The van der Waals surface area contributed by atoms with Crippen molar-refractivity contribution in [1.29, 1.82) is 0 Å². The highest BCUT2D eigenvalue weighted by molar-refractivity contribution is 6.31. The lowest BCUT2D eigenvalue weighted by Crippen LogP contribution is -2.46. The Kier molecular flexibility index (Phi) is 7.23. The zero-order valence-electron chi connectivity index (χ0n) is 21.7. The van der Waals surface area contributed by atoms with Crippen LogP contribution in [0.1, 0.15) is 64.0 Å². The molecule has 0 spiro atoms. The highest BCUT2D eigenvalue weighted by Crippen LogP contribution is 2.36. The van der Waals surface area contributed by atoms with Gasteiger partial charge in [-0.15, -0.1) is 0 Å². The highest BCUT2D eigenvalue weighted by Gasteiger charge is 2.36. The summed E-state index contributed by atoms with van der Waals surface area (Å²) < 4.78 is 42.5. The van der Waals surface area contributed by atoms with E-state index in [1.165, 1.54) is 27.3 Å². The van der Waals surface area contributed by atoms with E-state index < -0.39 is 40.2 Å². The van der Waals surface area contributed by atoms with E-state index in [4.69, 9.17) is 11.6 Å². The quantitative estimate of drug-likeness (QED) is 0.478.